The van der Waals surface area contributed by atoms with E-state index < -0.39 is 6.23 Å². The van der Waals surface area contributed by atoms with Gasteiger partial charge in [0.1, 0.15) is 0 Å². The molecule has 1 saturated heterocycles. The summed E-state index contributed by atoms with van der Waals surface area (Å²) in [6.07, 6.45) is -0.900. The lowest BCUT2D eigenvalue weighted by molar-refractivity contribution is 0.179. The topological polar surface area (TPSA) is 56.7 Å². The average Bonchev–Trinajstić information content (AvgIpc) is 2.92. The molecule has 1 N–H and O–H groups in total. The van der Waals surface area contributed by atoms with Crippen molar-refractivity contribution in [2.75, 3.05) is 23.3 Å². The van der Waals surface area contributed by atoms with Gasteiger partial charge >= 0.3 is 6.03 Å². The maximum absolute atomic E-state index is 12.3. The number of thiazole rings is 1. The number of fused-ring (bicyclic) bond motifs is 1. The predicted octanol–water partition coefficient (Wildman–Crippen LogP) is 3.56. The summed E-state index contributed by atoms with van der Waals surface area (Å²) >= 11 is 16.5. The molecule has 1 aromatic heterocycles. The van der Waals surface area contributed by atoms with E-state index in [-0.39, 0.29) is 12.6 Å². The van der Waals surface area contributed by atoms with Crippen LogP contribution in [0.1, 0.15) is 0 Å². The van der Waals surface area contributed by atoms with Crippen molar-refractivity contribution in [2.45, 2.75) is 6.23 Å². The predicted molar refractivity (Wildman–Crippen MR) is 88.9 cm³/mol. The number of anilines is 1. The first-order chi connectivity index (χ1) is 10.0. The van der Waals surface area contributed by atoms with Gasteiger partial charge in [0.25, 0.3) is 0 Å². The van der Waals surface area contributed by atoms with Crippen LogP contribution in [0.15, 0.2) is 12.1 Å². The van der Waals surface area contributed by atoms with Crippen LogP contribution in [0.4, 0.5) is 9.93 Å². The zero-order valence-corrected chi connectivity index (χ0v) is 14.5. The number of hydrogen-bond donors (Lipinski definition) is 1. The largest absolute Gasteiger partial charge is 0.371 e. The van der Waals surface area contributed by atoms with E-state index in [4.69, 9.17) is 23.2 Å². The lowest BCUT2D eigenvalue weighted by atomic mass is 10.3. The fraction of sp³-hybridized carbons (Fsp3) is 0.333. The highest BCUT2D eigenvalue weighted by Crippen LogP contribution is 2.36. The molecule has 0 spiro atoms. The highest BCUT2D eigenvalue weighted by molar-refractivity contribution is 9.09. The molecule has 2 heterocycles. The van der Waals surface area contributed by atoms with Crippen LogP contribution < -0.4 is 4.90 Å². The number of carbonyl (C=O) groups excluding carboxylic acids is 1. The Morgan fingerprint density at radius 2 is 2.14 bits per heavy atom. The van der Waals surface area contributed by atoms with Gasteiger partial charge < -0.3 is 10.0 Å². The van der Waals surface area contributed by atoms with Gasteiger partial charge in [0.2, 0.25) is 0 Å². The molecule has 21 heavy (non-hydrogen) atoms. The van der Waals surface area contributed by atoms with Gasteiger partial charge in [-0.05, 0) is 12.1 Å². The third-order valence-corrected chi connectivity index (χ3v) is 5.23. The second-order valence-electron chi connectivity index (χ2n) is 4.50. The Morgan fingerprint density at radius 3 is 2.86 bits per heavy atom. The Morgan fingerprint density at radius 1 is 1.43 bits per heavy atom. The van der Waals surface area contributed by atoms with Crippen LogP contribution in [0.25, 0.3) is 10.2 Å². The number of alkyl halides is 1. The molecule has 0 aliphatic carbocycles. The molecule has 9 heteroatoms. The number of aliphatic hydroxyl groups is 1. The number of aliphatic hydroxyl groups excluding tert-OH is 1. The first-order valence-corrected chi connectivity index (χ1v) is 8.78. The monoisotopic (exact) mass is 409 g/mol. The first-order valence-electron chi connectivity index (χ1n) is 6.09. The molecule has 1 unspecified atom stereocenters. The molecule has 1 atom stereocenters. The van der Waals surface area contributed by atoms with Crippen LogP contribution in [0.2, 0.25) is 10.0 Å². The number of aromatic nitrogens is 1. The SMILES string of the molecule is O=C1N(CCBr)CC(O)N1c1nc2cc(Cl)c(Cl)cc2s1. The van der Waals surface area contributed by atoms with Gasteiger partial charge in [-0.1, -0.05) is 50.5 Å². The summed E-state index contributed by atoms with van der Waals surface area (Å²) in [5, 5.41) is 12.1. The van der Waals surface area contributed by atoms with E-state index in [0.717, 1.165) is 4.70 Å². The van der Waals surface area contributed by atoms with Crippen LogP contribution in [-0.2, 0) is 0 Å². The minimum atomic E-state index is -0.900. The van der Waals surface area contributed by atoms with E-state index in [2.05, 4.69) is 20.9 Å². The molecular formula is C12H10BrCl2N3O2S. The maximum Gasteiger partial charge on any atom is 0.328 e. The summed E-state index contributed by atoms with van der Waals surface area (Å²) in [5.74, 6) is 0. The number of benzene rings is 1. The normalized spacial score (nSPS) is 19.0. The highest BCUT2D eigenvalue weighted by atomic mass is 79.9. The molecule has 0 saturated carbocycles. The third kappa shape index (κ3) is 2.73. The minimum Gasteiger partial charge on any atom is -0.371 e. The second kappa shape index (κ2) is 5.89. The molecule has 1 aromatic carbocycles. The molecule has 1 fully saturated rings. The second-order valence-corrected chi connectivity index (χ2v) is 7.12. The van der Waals surface area contributed by atoms with Crippen LogP contribution in [0, 0.1) is 0 Å². The van der Waals surface area contributed by atoms with E-state index in [1.165, 1.54) is 16.2 Å². The molecule has 1 aliphatic heterocycles. The van der Waals surface area contributed by atoms with E-state index in [1.807, 2.05) is 0 Å². The van der Waals surface area contributed by atoms with Crippen molar-refractivity contribution in [3.05, 3.63) is 22.2 Å². The molecule has 2 amide bonds. The number of nitrogens with zero attached hydrogens (tertiary/aromatic N) is 3. The number of hydrogen-bond acceptors (Lipinski definition) is 4. The highest BCUT2D eigenvalue weighted by Gasteiger charge is 2.38. The van der Waals surface area contributed by atoms with Gasteiger partial charge in [0.15, 0.2) is 11.4 Å². The molecular weight excluding hydrogens is 401 g/mol. The van der Waals surface area contributed by atoms with Crippen LogP contribution in [0.3, 0.4) is 0 Å². The quantitative estimate of drug-likeness (QED) is 0.787. The van der Waals surface area contributed by atoms with Crippen LogP contribution in [0.5, 0.6) is 0 Å². The third-order valence-electron chi connectivity index (χ3n) is 3.14. The molecule has 0 bridgehead atoms. The Kier molecular flexibility index (Phi) is 4.29. The maximum atomic E-state index is 12.3. The molecule has 5 nitrogen and oxygen atoms in total. The number of urea groups is 1. The standard InChI is InChI=1S/C12H10BrCl2N3O2S/c13-1-2-17-5-10(19)18(12(17)20)11-16-8-3-6(14)7(15)4-9(8)21-11/h3-4,10,19H,1-2,5H2. The molecule has 1 aliphatic rings. The van der Waals surface area contributed by atoms with Crippen molar-refractivity contribution in [1.29, 1.82) is 0 Å². The van der Waals surface area contributed by atoms with Crippen LogP contribution >= 0.6 is 50.5 Å². The summed E-state index contributed by atoms with van der Waals surface area (Å²) in [4.78, 5) is 19.6. The lowest BCUT2D eigenvalue weighted by Crippen LogP contribution is -2.35. The van der Waals surface area contributed by atoms with Gasteiger partial charge in [-0.3, -0.25) is 0 Å². The summed E-state index contributed by atoms with van der Waals surface area (Å²) in [7, 11) is 0. The Hall–Kier alpha value is -0.600. The van der Waals surface area contributed by atoms with Crippen LogP contribution in [-0.4, -0.2) is 45.7 Å². The summed E-state index contributed by atoms with van der Waals surface area (Å²) in [6, 6.07) is 3.12. The summed E-state index contributed by atoms with van der Waals surface area (Å²) in [5.41, 5.74) is 0.656. The number of halogens is 3. The van der Waals surface area contributed by atoms with Crippen molar-refractivity contribution in [3.8, 4) is 0 Å². The van der Waals surface area contributed by atoms with E-state index >= 15 is 0 Å². The summed E-state index contributed by atoms with van der Waals surface area (Å²) in [6.45, 7) is 0.802. The van der Waals surface area contributed by atoms with E-state index in [0.29, 0.717) is 32.6 Å². The van der Waals surface area contributed by atoms with Crippen molar-refractivity contribution in [1.82, 2.24) is 9.88 Å². The van der Waals surface area contributed by atoms with Gasteiger partial charge in [0, 0.05) is 11.9 Å². The zero-order chi connectivity index (χ0) is 15.1. The number of carbonyl (C=O) groups is 1. The van der Waals surface area contributed by atoms with Gasteiger partial charge in [-0.25, -0.2) is 14.7 Å². The molecule has 3 rings (SSSR count). The minimum absolute atomic E-state index is 0.252. The molecule has 112 valence electrons. The van der Waals surface area contributed by atoms with Crippen molar-refractivity contribution >= 4 is 71.8 Å². The van der Waals surface area contributed by atoms with Gasteiger partial charge in [0.05, 0.1) is 26.8 Å². The van der Waals surface area contributed by atoms with Crippen molar-refractivity contribution in [3.63, 3.8) is 0 Å². The smallest absolute Gasteiger partial charge is 0.328 e. The van der Waals surface area contributed by atoms with Crippen molar-refractivity contribution < 1.29 is 9.90 Å². The zero-order valence-electron chi connectivity index (χ0n) is 10.6. The first kappa shape index (κ1) is 15.3. The van der Waals surface area contributed by atoms with E-state index in [1.54, 1.807) is 17.0 Å². The Labute approximate surface area is 143 Å². The van der Waals surface area contributed by atoms with Crippen molar-refractivity contribution in [2.24, 2.45) is 0 Å². The Balaban J connectivity index is 1.98. The number of amides is 2. The van der Waals surface area contributed by atoms with E-state index in [9.17, 15) is 9.90 Å². The number of rotatable bonds is 3. The lowest BCUT2D eigenvalue weighted by Gasteiger charge is -2.16. The fourth-order valence-corrected chi connectivity index (χ4v) is 3.99. The summed E-state index contributed by atoms with van der Waals surface area (Å²) < 4.78 is 0.818. The fourth-order valence-electron chi connectivity index (χ4n) is 2.15. The average molecular weight is 411 g/mol. The molecule has 2 aromatic rings. The Bertz CT molecular complexity index is 672. The van der Waals surface area contributed by atoms with Gasteiger partial charge in [-0.15, -0.1) is 0 Å². The molecule has 0 radical (unpaired) electrons. The number of β-amino-alcohol motifs (C(OH)–C–C–N with tert-alkyl or cyclic N) is 1. The van der Waals surface area contributed by atoms with Gasteiger partial charge in [-0.2, -0.15) is 0 Å².